The number of nitrogens with one attached hydrogen (secondary N) is 1. The molecule has 0 radical (unpaired) electrons. The molecule has 2 rings (SSSR count). The fourth-order valence-electron chi connectivity index (χ4n) is 2.08. The largest absolute Gasteiger partial charge is 0.312 e. The summed E-state index contributed by atoms with van der Waals surface area (Å²) in [6.07, 6.45) is -0.585. The fraction of sp³-hybridized carbons (Fsp3) is 0.385. The molecule has 1 atom stereocenters. The van der Waals surface area contributed by atoms with Crippen molar-refractivity contribution < 1.29 is 9.59 Å². The minimum atomic E-state index is -0.585. The predicted octanol–water partition coefficient (Wildman–Crippen LogP) is 1.43. The van der Waals surface area contributed by atoms with Gasteiger partial charge in [-0.25, -0.2) is 10.4 Å². The molecule has 1 aromatic carbocycles. The Morgan fingerprint density at radius 2 is 1.79 bits per heavy atom. The third-order valence-electron chi connectivity index (χ3n) is 3.18. The second kappa shape index (κ2) is 5.69. The van der Waals surface area contributed by atoms with Crippen molar-refractivity contribution in [1.82, 2.24) is 10.3 Å². The molecule has 0 saturated carbocycles. The van der Waals surface area contributed by atoms with Crippen LogP contribution >= 0.6 is 11.6 Å². The summed E-state index contributed by atoms with van der Waals surface area (Å²) in [6.45, 7) is 5.30. The van der Waals surface area contributed by atoms with E-state index in [1.165, 1.54) is 5.01 Å². The third kappa shape index (κ3) is 2.63. The maximum absolute atomic E-state index is 12.0. The molecule has 0 aliphatic carbocycles. The maximum atomic E-state index is 12.0. The Morgan fingerprint density at radius 3 is 2.32 bits per heavy atom. The van der Waals surface area contributed by atoms with Gasteiger partial charge in [0.25, 0.3) is 5.78 Å². The predicted molar refractivity (Wildman–Crippen MR) is 73.8 cm³/mol. The van der Waals surface area contributed by atoms with E-state index in [4.69, 9.17) is 11.6 Å². The number of rotatable bonds is 4. The van der Waals surface area contributed by atoms with Crippen molar-refractivity contribution in [1.29, 1.82) is 0 Å². The summed E-state index contributed by atoms with van der Waals surface area (Å²) >= 11 is 5.81. The molecule has 0 aromatic heterocycles. The maximum Gasteiger partial charge on any atom is 0.312 e. The number of anilines is 1. The summed E-state index contributed by atoms with van der Waals surface area (Å²) in [6, 6.07) is 6.76. The van der Waals surface area contributed by atoms with Gasteiger partial charge in [0.2, 0.25) is 0 Å². The number of carbonyl (C=O) groups is 2. The summed E-state index contributed by atoms with van der Waals surface area (Å²) in [7, 11) is 0. The molecule has 1 N–H and O–H groups in total. The second-order valence-electron chi connectivity index (χ2n) is 4.23. The zero-order valence-electron chi connectivity index (χ0n) is 10.9. The van der Waals surface area contributed by atoms with Crippen LogP contribution in [0.5, 0.6) is 0 Å². The van der Waals surface area contributed by atoms with Crippen LogP contribution in [0.25, 0.3) is 0 Å². The number of amides is 1. The fourth-order valence-corrected chi connectivity index (χ4v) is 2.21. The highest BCUT2D eigenvalue weighted by atomic mass is 35.5. The normalized spacial score (nSPS) is 19.6. The lowest BCUT2D eigenvalue weighted by Crippen LogP contribution is -2.48. The van der Waals surface area contributed by atoms with E-state index in [9.17, 15) is 9.59 Å². The quantitative estimate of drug-likeness (QED) is 0.849. The van der Waals surface area contributed by atoms with E-state index in [-0.39, 0.29) is 0 Å². The molecule has 0 bridgehead atoms. The molecule has 1 fully saturated rings. The summed E-state index contributed by atoms with van der Waals surface area (Å²) in [4.78, 5) is 25.9. The highest BCUT2D eigenvalue weighted by Crippen LogP contribution is 2.20. The number of hydrazine groups is 1. The number of hydrogen-bond donors (Lipinski definition) is 1. The second-order valence-corrected chi connectivity index (χ2v) is 4.67. The van der Waals surface area contributed by atoms with Crippen molar-refractivity contribution in [3.8, 4) is 0 Å². The number of carbonyl (C=O) groups excluding carboxylic acids is 2. The van der Waals surface area contributed by atoms with Gasteiger partial charge in [-0.3, -0.25) is 14.5 Å². The third-order valence-corrected chi connectivity index (χ3v) is 3.43. The number of benzene rings is 1. The van der Waals surface area contributed by atoms with E-state index in [0.29, 0.717) is 23.8 Å². The van der Waals surface area contributed by atoms with Crippen LogP contribution in [0.4, 0.5) is 5.69 Å². The number of ketones is 1. The van der Waals surface area contributed by atoms with Crippen LogP contribution in [0.3, 0.4) is 0 Å². The zero-order chi connectivity index (χ0) is 14.0. The van der Waals surface area contributed by atoms with Gasteiger partial charge < -0.3 is 0 Å². The summed E-state index contributed by atoms with van der Waals surface area (Å²) in [5.74, 6) is -0.974. The molecule has 102 valence electrons. The van der Waals surface area contributed by atoms with E-state index in [2.05, 4.69) is 5.43 Å². The van der Waals surface area contributed by atoms with Crippen LogP contribution in [-0.2, 0) is 9.59 Å². The molecular weight excluding hydrogens is 266 g/mol. The van der Waals surface area contributed by atoms with E-state index in [1.807, 2.05) is 18.7 Å². The van der Waals surface area contributed by atoms with E-state index >= 15 is 0 Å². The molecule has 1 aliphatic heterocycles. The molecule has 1 aromatic rings. The minimum absolute atomic E-state index is 0.432. The standard InChI is InChI=1S/C13H16ClN3O2/c1-3-16(4-2)12-11(18)13(19)17(15-12)10-7-5-9(14)6-8-10/h5-8,12,15H,3-4H2,1-2H3. The Bertz CT molecular complexity index is 485. The van der Waals surface area contributed by atoms with Gasteiger partial charge in [0.1, 0.15) is 6.17 Å². The van der Waals surface area contributed by atoms with Crippen molar-refractivity contribution in [3.63, 3.8) is 0 Å². The molecule has 1 unspecified atom stereocenters. The average molecular weight is 282 g/mol. The molecule has 1 amide bonds. The Kier molecular flexibility index (Phi) is 4.19. The van der Waals surface area contributed by atoms with Crippen molar-refractivity contribution in [2.45, 2.75) is 20.0 Å². The van der Waals surface area contributed by atoms with Gasteiger partial charge in [0.15, 0.2) is 0 Å². The van der Waals surface area contributed by atoms with E-state index in [1.54, 1.807) is 24.3 Å². The minimum Gasteiger partial charge on any atom is -0.285 e. The zero-order valence-corrected chi connectivity index (χ0v) is 11.6. The van der Waals surface area contributed by atoms with Gasteiger partial charge in [-0.1, -0.05) is 25.4 Å². The van der Waals surface area contributed by atoms with Crippen molar-refractivity contribution in [3.05, 3.63) is 29.3 Å². The van der Waals surface area contributed by atoms with Crippen molar-refractivity contribution in [2.75, 3.05) is 18.1 Å². The van der Waals surface area contributed by atoms with Gasteiger partial charge in [-0.15, -0.1) is 0 Å². The highest BCUT2D eigenvalue weighted by Gasteiger charge is 2.41. The van der Waals surface area contributed by atoms with E-state index in [0.717, 1.165) is 0 Å². The smallest absolute Gasteiger partial charge is 0.285 e. The van der Waals surface area contributed by atoms with Crippen molar-refractivity contribution >= 4 is 29.0 Å². The Hall–Kier alpha value is -1.43. The molecule has 1 heterocycles. The molecule has 0 spiro atoms. The first-order valence-electron chi connectivity index (χ1n) is 6.22. The van der Waals surface area contributed by atoms with Gasteiger partial charge in [0.05, 0.1) is 5.69 Å². The van der Waals surface area contributed by atoms with Gasteiger partial charge in [-0.05, 0) is 37.4 Å². The first-order valence-corrected chi connectivity index (χ1v) is 6.60. The van der Waals surface area contributed by atoms with Crippen LogP contribution in [0.15, 0.2) is 24.3 Å². The Balaban J connectivity index is 2.23. The summed E-state index contributed by atoms with van der Waals surface area (Å²) in [5.41, 5.74) is 3.55. The summed E-state index contributed by atoms with van der Waals surface area (Å²) in [5, 5.41) is 1.86. The molecule has 6 heteroatoms. The van der Waals surface area contributed by atoms with Gasteiger partial charge >= 0.3 is 5.91 Å². The molecule has 1 aliphatic rings. The molecule has 1 saturated heterocycles. The molecule has 19 heavy (non-hydrogen) atoms. The average Bonchev–Trinajstić information content (AvgIpc) is 2.70. The Labute approximate surface area is 117 Å². The number of likely N-dealkylation sites (N-methyl/N-ethyl adjacent to an activating group) is 1. The monoisotopic (exact) mass is 281 g/mol. The molecular formula is C13H16ClN3O2. The Morgan fingerprint density at radius 1 is 1.21 bits per heavy atom. The van der Waals surface area contributed by atoms with Gasteiger partial charge in [0, 0.05) is 5.02 Å². The lowest BCUT2D eigenvalue weighted by molar-refractivity contribution is -0.136. The highest BCUT2D eigenvalue weighted by molar-refractivity contribution is 6.45. The van der Waals surface area contributed by atoms with Crippen LogP contribution in [0.2, 0.25) is 5.02 Å². The van der Waals surface area contributed by atoms with Crippen LogP contribution < -0.4 is 10.4 Å². The van der Waals surface area contributed by atoms with Crippen molar-refractivity contribution in [2.24, 2.45) is 0 Å². The van der Waals surface area contributed by atoms with Crippen LogP contribution in [0, 0.1) is 0 Å². The van der Waals surface area contributed by atoms with Crippen LogP contribution in [0.1, 0.15) is 13.8 Å². The van der Waals surface area contributed by atoms with Crippen LogP contribution in [-0.4, -0.2) is 35.8 Å². The lowest BCUT2D eigenvalue weighted by Gasteiger charge is -2.25. The van der Waals surface area contributed by atoms with E-state index < -0.39 is 17.9 Å². The SMILES string of the molecule is CCN(CC)C1NN(c2ccc(Cl)cc2)C(=O)C1=O. The van der Waals surface area contributed by atoms with Gasteiger partial charge in [-0.2, -0.15) is 0 Å². The number of Topliss-reactive ketones (excluding diaryl/α,β-unsaturated/α-hetero) is 1. The first kappa shape index (κ1) is 14.0. The topological polar surface area (TPSA) is 52.6 Å². The number of nitrogens with zero attached hydrogens (tertiary/aromatic N) is 2. The number of halogens is 1. The number of hydrogen-bond acceptors (Lipinski definition) is 4. The first-order chi connectivity index (χ1) is 9.08. The lowest BCUT2D eigenvalue weighted by atomic mass is 10.2. The molecule has 5 nitrogen and oxygen atoms in total. The summed E-state index contributed by atoms with van der Waals surface area (Å²) < 4.78 is 0.